The summed E-state index contributed by atoms with van der Waals surface area (Å²) in [6.45, 7) is 1.09. The zero-order valence-electron chi connectivity index (χ0n) is 17.8. The fourth-order valence-electron chi connectivity index (χ4n) is 3.83. The first-order chi connectivity index (χ1) is 15.3. The van der Waals surface area contributed by atoms with Gasteiger partial charge >= 0.3 is 11.7 Å². The maximum atomic E-state index is 13.0. The molecule has 168 valence electrons. The second-order valence-electron chi connectivity index (χ2n) is 7.78. The molecular weight excluding hydrogens is 414 g/mol. The van der Waals surface area contributed by atoms with Crippen molar-refractivity contribution >= 4 is 17.7 Å². The Kier molecular flexibility index (Phi) is 7.10. The highest BCUT2D eigenvalue weighted by atomic mass is 16.4. The van der Waals surface area contributed by atoms with Crippen molar-refractivity contribution in [1.82, 2.24) is 14.5 Å². The van der Waals surface area contributed by atoms with Crippen LogP contribution in [0.15, 0.2) is 39.9 Å². The van der Waals surface area contributed by atoms with Gasteiger partial charge in [0.25, 0.3) is 5.56 Å². The number of carbonyl (C=O) groups excluding carboxylic acids is 1. The molecule has 1 fully saturated rings. The minimum Gasteiger partial charge on any atom is -0.481 e. The second-order valence-corrected chi connectivity index (χ2v) is 7.78. The van der Waals surface area contributed by atoms with E-state index in [1.807, 2.05) is 4.90 Å². The SMILES string of the molecule is Cn1c(=O)cc(N2CCC[C@@H](NC(=O)CCC(=O)O)C2)n(Cc2ccccc2C#N)c1=O. The zero-order valence-corrected chi connectivity index (χ0v) is 17.8. The van der Waals surface area contributed by atoms with E-state index in [9.17, 15) is 24.4 Å². The van der Waals surface area contributed by atoms with Crippen LogP contribution in [0, 0.1) is 11.3 Å². The van der Waals surface area contributed by atoms with Crippen LogP contribution < -0.4 is 21.5 Å². The summed E-state index contributed by atoms with van der Waals surface area (Å²) in [7, 11) is 1.41. The van der Waals surface area contributed by atoms with Crippen LogP contribution in [0.4, 0.5) is 5.82 Å². The van der Waals surface area contributed by atoms with Gasteiger partial charge in [-0.15, -0.1) is 0 Å². The number of nitriles is 1. The summed E-state index contributed by atoms with van der Waals surface area (Å²) >= 11 is 0. The van der Waals surface area contributed by atoms with E-state index in [4.69, 9.17) is 5.11 Å². The summed E-state index contributed by atoms with van der Waals surface area (Å²) in [6.07, 6.45) is 1.09. The van der Waals surface area contributed by atoms with E-state index in [0.717, 1.165) is 11.0 Å². The van der Waals surface area contributed by atoms with E-state index in [1.54, 1.807) is 24.3 Å². The van der Waals surface area contributed by atoms with E-state index >= 15 is 0 Å². The number of carboxylic acids is 1. The number of anilines is 1. The molecule has 1 amide bonds. The van der Waals surface area contributed by atoms with E-state index in [1.165, 1.54) is 17.7 Å². The lowest BCUT2D eigenvalue weighted by molar-refractivity contribution is -0.138. The fourth-order valence-corrected chi connectivity index (χ4v) is 3.83. The number of nitrogens with one attached hydrogen (secondary N) is 1. The molecule has 1 saturated heterocycles. The number of hydrogen-bond acceptors (Lipinski definition) is 6. The topological polar surface area (TPSA) is 137 Å². The van der Waals surface area contributed by atoms with Crippen LogP contribution in [0.5, 0.6) is 0 Å². The normalized spacial score (nSPS) is 15.8. The molecule has 0 saturated carbocycles. The molecule has 2 N–H and O–H groups in total. The number of hydrogen-bond donors (Lipinski definition) is 2. The third-order valence-electron chi connectivity index (χ3n) is 5.52. The van der Waals surface area contributed by atoms with Crippen molar-refractivity contribution in [3.63, 3.8) is 0 Å². The molecule has 0 aliphatic carbocycles. The Morgan fingerprint density at radius 1 is 1.25 bits per heavy atom. The molecule has 0 unspecified atom stereocenters. The summed E-state index contributed by atoms with van der Waals surface area (Å²) in [6, 6.07) is 10.3. The number of aliphatic carboxylic acids is 1. The minimum atomic E-state index is -1.03. The van der Waals surface area contributed by atoms with Crippen LogP contribution >= 0.6 is 0 Å². The highest BCUT2D eigenvalue weighted by molar-refractivity contribution is 5.80. The minimum absolute atomic E-state index is 0.104. The van der Waals surface area contributed by atoms with Crippen molar-refractivity contribution in [1.29, 1.82) is 5.26 Å². The lowest BCUT2D eigenvalue weighted by atomic mass is 10.0. The quantitative estimate of drug-likeness (QED) is 0.638. The summed E-state index contributed by atoms with van der Waals surface area (Å²) in [4.78, 5) is 50.0. The molecule has 1 aliphatic rings. The Hall–Kier alpha value is -3.87. The molecule has 1 aromatic carbocycles. The molecule has 10 nitrogen and oxygen atoms in total. The van der Waals surface area contributed by atoms with Crippen LogP contribution in [-0.2, 0) is 23.2 Å². The molecular formula is C22H25N5O5. The van der Waals surface area contributed by atoms with E-state index in [-0.39, 0.29) is 31.3 Å². The summed E-state index contributed by atoms with van der Waals surface area (Å²) in [5.74, 6) is -0.953. The average Bonchev–Trinajstić information content (AvgIpc) is 2.78. The second kappa shape index (κ2) is 9.96. The standard InChI is InChI=1S/C22H25N5O5/c1-25-20(29)11-19(27(22(25)32)13-16-6-3-2-5-15(16)12-23)26-10-4-7-17(14-26)24-18(28)8-9-21(30)31/h2-3,5-6,11,17H,4,7-10,13-14H2,1H3,(H,24,28)(H,30,31)/t17-/m1/s1. The van der Waals surface area contributed by atoms with Crippen molar-refractivity contribution in [2.45, 2.75) is 38.3 Å². The molecule has 3 rings (SSSR count). The first-order valence-corrected chi connectivity index (χ1v) is 10.3. The molecule has 1 aliphatic heterocycles. The maximum absolute atomic E-state index is 13.0. The molecule has 1 aromatic heterocycles. The highest BCUT2D eigenvalue weighted by Gasteiger charge is 2.25. The van der Waals surface area contributed by atoms with Crippen LogP contribution in [0.25, 0.3) is 0 Å². The average molecular weight is 439 g/mol. The Bertz CT molecular complexity index is 1180. The Balaban J connectivity index is 1.89. The van der Waals surface area contributed by atoms with Gasteiger partial charge in [-0.1, -0.05) is 18.2 Å². The van der Waals surface area contributed by atoms with Crippen LogP contribution in [0.2, 0.25) is 0 Å². The molecule has 0 spiro atoms. The van der Waals surface area contributed by atoms with Crippen molar-refractivity contribution < 1.29 is 14.7 Å². The summed E-state index contributed by atoms with van der Waals surface area (Å²) < 4.78 is 2.49. The predicted molar refractivity (Wildman–Crippen MR) is 116 cm³/mol. The van der Waals surface area contributed by atoms with Crippen molar-refractivity contribution in [2.75, 3.05) is 18.0 Å². The number of piperidine rings is 1. The van der Waals surface area contributed by atoms with E-state index in [0.29, 0.717) is 36.5 Å². The number of nitrogens with zero attached hydrogens (tertiary/aromatic N) is 4. The fraction of sp³-hybridized carbons (Fsp3) is 0.409. The summed E-state index contributed by atoms with van der Waals surface area (Å²) in [5.41, 5.74) is 0.171. The Labute approximate surface area is 184 Å². The first-order valence-electron chi connectivity index (χ1n) is 10.3. The molecule has 1 atom stereocenters. The smallest absolute Gasteiger partial charge is 0.332 e. The van der Waals surface area contributed by atoms with Crippen LogP contribution in [0.3, 0.4) is 0 Å². The van der Waals surface area contributed by atoms with Crippen molar-refractivity contribution in [2.24, 2.45) is 7.05 Å². The highest BCUT2D eigenvalue weighted by Crippen LogP contribution is 2.20. The largest absolute Gasteiger partial charge is 0.481 e. The van der Waals surface area contributed by atoms with E-state index < -0.39 is 17.2 Å². The van der Waals surface area contributed by atoms with Gasteiger partial charge in [0.15, 0.2) is 0 Å². The first kappa shape index (κ1) is 22.8. The third kappa shape index (κ3) is 5.24. The van der Waals surface area contributed by atoms with Crippen molar-refractivity contribution in [3.05, 3.63) is 62.3 Å². The van der Waals surface area contributed by atoms with Gasteiger partial charge in [0, 0.05) is 38.7 Å². The predicted octanol–water partition coefficient (Wildman–Crippen LogP) is 0.417. The van der Waals surface area contributed by atoms with Crippen LogP contribution in [-0.4, -0.2) is 45.2 Å². The van der Waals surface area contributed by atoms with Gasteiger partial charge < -0.3 is 15.3 Å². The Morgan fingerprint density at radius 2 is 2.00 bits per heavy atom. The van der Waals surface area contributed by atoms with Crippen LogP contribution in [0.1, 0.15) is 36.8 Å². The van der Waals surface area contributed by atoms with Gasteiger partial charge in [0.2, 0.25) is 5.91 Å². The lowest BCUT2D eigenvalue weighted by Crippen LogP contribution is -2.50. The van der Waals surface area contributed by atoms with Gasteiger partial charge in [0.05, 0.1) is 24.6 Å². The van der Waals surface area contributed by atoms with Gasteiger partial charge in [-0.2, -0.15) is 5.26 Å². The maximum Gasteiger partial charge on any atom is 0.332 e. The third-order valence-corrected chi connectivity index (χ3v) is 5.52. The van der Waals surface area contributed by atoms with Gasteiger partial charge in [-0.05, 0) is 24.5 Å². The number of carboxylic acid groups (broad SMARTS) is 1. The monoisotopic (exact) mass is 439 g/mol. The number of aromatic nitrogens is 2. The molecule has 0 radical (unpaired) electrons. The van der Waals surface area contributed by atoms with Gasteiger partial charge in [-0.3, -0.25) is 23.5 Å². The molecule has 2 aromatic rings. The van der Waals surface area contributed by atoms with E-state index in [2.05, 4.69) is 11.4 Å². The molecule has 32 heavy (non-hydrogen) atoms. The lowest BCUT2D eigenvalue weighted by Gasteiger charge is -2.35. The number of amides is 1. The van der Waals surface area contributed by atoms with Gasteiger partial charge in [-0.25, -0.2) is 4.79 Å². The molecule has 0 bridgehead atoms. The Morgan fingerprint density at radius 3 is 2.72 bits per heavy atom. The number of benzene rings is 1. The van der Waals surface area contributed by atoms with Crippen molar-refractivity contribution in [3.8, 4) is 6.07 Å². The number of rotatable bonds is 7. The molecule has 2 heterocycles. The van der Waals surface area contributed by atoms with Gasteiger partial charge in [0.1, 0.15) is 5.82 Å². The number of carbonyl (C=O) groups is 2. The zero-order chi connectivity index (χ0) is 23.3. The summed E-state index contributed by atoms with van der Waals surface area (Å²) in [5, 5.41) is 21.0. The molecule has 10 heteroatoms.